The molecule has 0 saturated carbocycles. The molecule has 0 bridgehead atoms. The third-order valence-corrected chi connectivity index (χ3v) is 5.10. The summed E-state index contributed by atoms with van der Waals surface area (Å²) in [5.41, 5.74) is 2.66. The molecular weight excluding hydrogens is 442 g/mol. The maximum atomic E-state index is 13.0. The fourth-order valence-electron chi connectivity index (χ4n) is 3.03. The zero-order chi connectivity index (χ0) is 22.9. The number of hydrogen-bond donors (Lipinski definition) is 2. The van der Waals surface area contributed by atoms with E-state index < -0.39 is 5.91 Å². The van der Waals surface area contributed by atoms with Gasteiger partial charge in [0, 0.05) is 34.6 Å². The zero-order valence-corrected chi connectivity index (χ0v) is 19.0. The van der Waals surface area contributed by atoms with Crippen molar-refractivity contribution >= 4 is 58.2 Å². The number of rotatable bonds is 6. The second-order valence-corrected chi connectivity index (χ2v) is 7.58. The lowest BCUT2D eigenvalue weighted by molar-refractivity contribution is -0.115. The molecule has 3 rings (SSSR count). The summed E-state index contributed by atoms with van der Waals surface area (Å²) < 4.78 is 0. The van der Waals surface area contributed by atoms with Crippen LogP contribution in [0.1, 0.15) is 22.8 Å². The van der Waals surface area contributed by atoms with Crippen molar-refractivity contribution in [3.05, 3.63) is 101 Å². The quantitative estimate of drug-likeness (QED) is 0.372. The number of anilines is 2. The molecule has 5 nitrogen and oxygen atoms in total. The summed E-state index contributed by atoms with van der Waals surface area (Å²) in [4.78, 5) is 26.9. The fraction of sp³-hybridized carbons (Fsp3) is 0.0800. The molecule has 2 N–H and O–H groups in total. The van der Waals surface area contributed by atoms with Crippen LogP contribution in [0, 0.1) is 0 Å². The highest BCUT2D eigenvalue weighted by atomic mass is 35.5. The summed E-state index contributed by atoms with van der Waals surface area (Å²) in [6.07, 6.45) is 2.97. The van der Waals surface area contributed by atoms with Gasteiger partial charge in [-0.15, -0.1) is 0 Å². The first-order valence-corrected chi connectivity index (χ1v) is 10.8. The predicted molar refractivity (Wildman–Crippen MR) is 135 cm³/mol. The van der Waals surface area contributed by atoms with Gasteiger partial charge in [0.2, 0.25) is 5.91 Å². The van der Waals surface area contributed by atoms with Crippen LogP contribution in [-0.4, -0.2) is 23.5 Å². The maximum Gasteiger partial charge on any atom is 0.258 e. The second kappa shape index (κ2) is 11.2. The summed E-state index contributed by atoms with van der Waals surface area (Å²) in [5, 5.41) is 6.20. The Balaban J connectivity index is 1.64. The van der Waals surface area contributed by atoms with Gasteiger partial charge in [0.05, 0.1) is 0 Å². The minimum atomic E-state index is -0.393. The minimum absolute atomic E-state index is 0.124. The summed E-state index contributed by atoms with van der Waals surface area (Å²) >= 11 is 11.3. The largest absolute Gasteiger partial charge is 0.332 e. The van der Waals surface area contributed by atoms with E-state index in [0.29, 0.717) is 22.8 Å². The first-order chi connectivity index (χ1) is 15.5. The number of nitrogens with one attached hydrogen (secondary N) is 2. The predicted octanol–water partition coefficient (Wildman–Crippen LogP) is 5.53. The Morgan fingerprint density at radius 3 is 2.44 bits per heavy atom. The molecular formula is C25H22ClN3O2S. The van der Waals surface area contributed by atoms with Crippen molar-refractivity contribution < 1.29 is 9.59 Å². The highest BCUT2D eigenvalue weighted by Crippen LogP contribution is 2.19. The van der Waals surface area contributed by atoms with Crippen LogP contribution in [0.5, 0.6) is 0 Å². The number of benzene rings is 3. The highest BCUT2D eigenvalue weighted by molar-refractivity contribution is 7.80. The van der Waals surface area contributed by atoms with E-state index in [4.69, 9.17) is 23.8 Å². The molecule has 32 heavy (non-hydrogen) atoms. The molecule has 0 unspecified atom stereocenters. The standard InChI is InChI=1S/C25H22ClN3O2S/c1-2-29(21-12-4-3-5-13-21)24(31)19-10-8-11-20(17-19)27-25(32)28-23(30)16-15-18-9-6-7-14-22(18)26/h3-17H,2H2,1H3,(H2,27,28,30,32)/b16-15+. The summed E-state index contributed by atoms with van der Waals surface area (Å²) in [6.45, 7) is 2.46. The Hall–Kier alpha value is -3.48. The molecule has 0 radical (unpaired) electrons. The number of para-hydroxylation sites is 1. The highest BCUT2D eigenvalue weighted by Gasteiger charge is 2.16. The first kappa shape index (κ1) is 23.2. The molecule has 0 saturated heterocycles. The van der Waals surface area contributed by atoms with Crippen molar-refractivity contribution in [2.75, 3.05) is 16.8 Å². The van der Waals surface area contributed by atoms with E-state index >= 15 is 0 Å². The second-order valence-electron chi connectivity index (χ2n) is 6.76. The number of amides is 2. The van der Waals surface area contributed by atoms with Gasteiger partial charge in [-0.25, -0.2) is 0 Å². The first-order valence-electron chi connectivity index (χ1n) is 9.99. The Morgan fingerprint density at radius 1 is 1.00 bits per heavy atom. The van der Waals surface area contributed by atoms with Crippen LogP contribution in [0.4, 0.5) is 11.4 Å². The number of carbonyl (C=O) groups is 2. The smallest absolute Gasteiger partial charge is 0.258 e. The molecule has 2 amide bonds. The summed E-state index contributed by atoms with van der Waals surface area (Å²) in [5.74, 6) is -0.518. The Kier molecular flexibility index (Phi) is 8.14. The van der Waals surface area contributed by atoms with E-state index in [-0.39, 0.29) is 11.0 Å². The summed E-state index contributed by atoms with van der Waals surface area (Å²) in [6, 6.07) is 23.7. The van der Waals surface area contributed by atoms with E-state index in [1.54, 1.807) is 47.4 Å². The van der Waals surface area contributed by atoms with E-state index in [1.165, 1.54) is 6.08 Å². The van der Waals surface area contributed by atoms with Gasteiger partial charge in [0.25, 0.3) is 5.91 Å². The number of thiocarbonyl (C=S) groups is 1. The van der Waals surface area contributed by atoms with E-state index in [1.807, 2.05) is 49.4 Å². The topological polar surface area (TPSA) is 61.4 Å². The number of halogens is 1. The summed E-state index contributed by atoms with van der Waals surface area (Å²) in [7, 11) is 0. The van der Waals surface area contributed by atoms with Crippen LogP contribution in [0.25, 0.3) is 6.08 Å². The van der Waals surface area contributed by atoms with E-state index in [0.717, 1.165) is 11.3 Å². The van der Waals surface area contributed by atoms with Crippen LogP contribution in [0.3, 0.4) is 0 Å². The molecule has 0 aliphatic rings. The van der Waals surface area contributed by atoms with Crippen LogP contribution >= 0.6 is 23.8 Å². The maximum absolute atomic E-state index is 13.0. The van der Waals surface area contributed by atoms with E-state index in [2.05, 4.69) is 10.6 Å². The van der Waals surface area contributed by atoms with Crippen LogP contribution < -0.4 is 15.5 Å². The van der Waals surface area contributed by atoms with Gasteiger partial charge in [-0.05, 0) is 67.2 Å². The van der Waals surface area contributed by atoms with Crippen molar-refractivity contribution in [2.45, 2.75) is 6.92 Å². The Bertz CT molecular complexity index is 1150. The number of hydrogen-bond acceptors (Lipinski definition) is 3. The van der Waals surface area contributed by atoms with Crippen molar-refractivity contribution in [1.29, 1.82) is 0 Å². The SMILES string of the molecule is CCN(C(=O)c1cccc(NC(=S)NC(=O)/C=C/c2ccccc2Cl)c1)c1ccccc1. The normalized spacial score (nSPS) is 10.6. The molecule has 0 fully saturated rings. The van der Waals surface area contributed by atoms with Gasteiger partial charge in [-0.2, -0.15) is 0 Å². The third kappa shape index (κ3) is 6.26. The Labute approximate surface area is 197 Å². The van der Waals surface area contributed by atoms with Crippen molar-refractivity contribution in [2.24, 2.45) is 0 Å². The van der Waals surface area contributed by atoms with Gasteiger partial charge >= 0.3 is 0 Å². The average Bonchev–Trinajstić information content (AvgIpc) is 2.80. The monoisotopic (exact) mass is 463 g/mol. The fourth-order valence-corrected chi connectivity index (χ4v) is 3.45. The van der Waals surface area contributed by atoms with Crippen LogP contribution in [0.15, 0.2) is 84.9 Å². The van der Waals surface area contributed by atoms with Crippen LogP contribution in [0.2, 0.25) is 5.02 Å². The van der Waals surface area contributed by atoms with E-state index in [9.17, 15) is 9.59 Å². The van der Waals surface area contributed by atoms with Gasteiger partial charge in [0.15, 0.2) is 5.11 Å². The molecule has 7 heteroatoms. The zero-order valence-electron chi connectivity index (χ0n) is 17.4. The molecule has 162 valence electrons. The number of nitrogens with zero attached hydrogens (tertiary/aromatic N) is 1. The lowest BCUT2D eigenvalue weighted by Crippen LogP contribution is -2.33. The molecule has 3 aromatic rings. The van der Waals surface area contributed by atoms with Crippen molar-refractivity contribution in [3.63, 3.8) is 0 Å². The van der Waals surface area contributed by atoms with Gasteiger partial charge in [0.1, 0.15) is 0 Å². The molecule has 0 aliphatic heterocycles. The molecule has 0 aromatic heterocycles. The van der Waals surface area contributed by atoms with Crippen molar-refractivity contribution in [3.8, 4) is 0 Å². The Morgan fingerprint density at radius 2 is 1.72 bits per heavy atom. The number of carbonyl (C=O) groups excluding carboxylic acids is 2. The van der Waals surface area contributed by atoms with Crippen LogP contribution in [-0.2, 0) is 4.79 Å². The molecule has 0 spiro atoms. The lowest BCUT2D eigenvalue weighted by atomic mass is 10.1. The lowest BCUT2D eigenvalue weighted by Gasteiger charge is -2.21. The average molecular weight is 464 g/mol. The minimum Gasteiger partial charge on any atom is -0.332 e. The molecule has 3 aromatic carbocycles. The molecule has 0 atom stereocenters. The van der Waals surface area contributed by atoms with Gasteiger partial charge < -0.3 is 10.2 Å². The van der Waals surface area contributed by atoms with Gasteiger partial charge in [-0.1, -0.05) is 54.1 Å². The third-order valence-electron chi connectivity index (χ3n) is 4.55. The molecule has 0 heterocycles. The van der Waals surface area contributed by atoms with Gasteiger partial charge in [-0.3, -0.25) is 14.9 Å². The molecule has 0 aliphatic carbocycles. The van der Waals surface area contributed by atoms with Crippen molar-refractivity contribution in [1.82, 2.24) is 5.32 Å².